The first-order chi connectivity index (χ1) is 17.4. The van der Waals surface area contributed by atoms with Crippen molar-refractivity contribution in [2.75, 3.05) is 26.3 Å². The summed E-state index contributed by atoms with van der Waals surface area (Å²) in [5.41, 5.74) is 6.64. The second-order valence-electron chi connectivity index (χ2n) is 9.79. The highest BCUT2D eigenvalue weighted by Crippen LogP contribution is 2.31. The van der Waals surface area contributed by atoms with E-state index in [1.165, 1.54) is 5.57 Å². The maximum Gasteiger partial charge on any atom is 0.172 e. The molecule has 7 nitrogen and oxygen atoms in total. The smallest absolute Gasteiger partial charge is 0.172 e. The number of aromatic nitrogens is 4. The number of halogens is 1. The van der Waals surface area contributed by atoms with Crippen LogP contribution in [-0.2, 0) is 11.2 Å². The fourth-order valence-electron chi connectivity index (χ4n) is 5.24. The van der Waals surface area contributed by atoms with Crippen LogP contribution in [0.25, 0.3) is 11.4 Å². The molecule has 0 N–H and O–H groups in total. The minimum absolute atomic E-state index is 0.00108. The molecular weight excluding hydrogens is 474 g/mol. The van der Waals surface area contributed by atoms with Gasteiger partial charge in [0.05, 0.1) is 41.4 Å². The van der Waals surface area contributed by atoms with Crippen molar-refractivity contribution in [3.63, 3.8) is 0 Å². The third kappa shape index (κ3) is 5.14. The summed E-state index contributed by atoms with van der Waals surface area (Å²) in [5, 5.41) is 4.89. The second-order valence-corrected chi connectivity index (χ2v) is 10.2. The lowest BCUT2D eigenvalue weighted by Crippen LogP contribution is -2.43. The fourth-order valence-corrected chi connectivity index (χ4v) is 5.54. The number of aryl methyl sites for hydroxylation is 2. The number of carbonyl (C=O) groups excluding carboxylic acids is 1. The van der Waals surface area contributed by atoms with Gasteiger partial charge in [0.15, 0.2) is 11.6 Å². The van der Waals surface area contributed by atoms with Crippen LogP contribution < -0.4 is 0 Å². The summed E-state index contributed by atoms with van der Waals surface area (Å²) in [6.45, 7) is 9.61. The summed E-state index contributed by atoms with van der Waals surface area (Å²) >= 11 is 6.37. The summed E-state index contributed by atoms with van der Waals surface area (Å²) in [6.07, 6.45) is 11.0. The molecule has 0 aromatic carbocycles. The molecule has 0 saturated carbocycles. The molecule has 0 spiro atoms. The minimum atomic E-state index is 0.00108. The largest absolute Gasteiger partial charge is 0.379 e. The molecule has 36 heavy (non-hydrogen) atoms. The molecule has 1 aliphatic carbocycles. The standard InChI is InChI=1S/C28H32ClN5O2/c1-18-12-25(29)28(31-15-18)34-20(3)24(17-32-34)26(35)14-21-13-19(2)27(30-16-21)22-4-6-23(7-5-22)33-8-10-36-11-9-33/h4,12-13,15-17,23H,5-11,14H2,1-3H3. The van der Waals surface area contributed by atoms with Gasteiger partial charge < -0.3 is 4.74 Å². The van der Waals surface area contributed by atoms with E-state index in [1.807, 2.05) is 26.1 Å². The molecule has 8 heteroatoms. The lowest BCUT2D eigenvalue weighted by molar-refractivity contribution is 0.0150. The first-order valence-electron chi connectivity index (χ1n) is 12.6. The number of nitrogens with zero attached hydrogens (tertiary/aromatic N) is 5. The zero-order valence-corrected chi connectivity index (χ0v) is 21.9. The molecule has 1 saturated heterocycles. The molecule has 3 aromatic rings. The third-order valence-electron chi connectivity index (χ3n) is 7.22. The van der Waals surface area contributed by atoms with Crippen molar-refractivity contribution in [3.8, 4) is 5.82 Å². The number of morpholine rings is 1. The summed E-state index contributed by atoms with van der Waals surface area (Å²) in [4.78, 5) is 24.9. The first kappa shape index (κ1) is 24.8. The third-order valence-corrected chi connectivity index (χ3v) is 7.50. The van der Waals surface area contributed by atoms with E-state index in [9.17, 15) is 4.79 Å². The normalized spacial score (nSPS) is 18.8. The van der Waals surface area contributed by atoms with Crippen LogP contribution in [-0.4, -0.2) is 62.8 Å². The van der Waals surface area contributed by atoms with E-state index in [2.05, 4.69) is 34.0 Å². The SMILES string of the molecule is Cc1cnc(-n2ncc(C(=O)Cc3cnc(C4=CCC(N5CCOCC5)CC4)c(C)c3)c2C)c(Cl)c1. The molecule has 1 aliphatic heterocycles. The number of hydrogen-bond acceptors (Lipinski definition) is 6. The highest BCUT2D eigenvalue weighted by Gasteiger charge is 2.24. The van der Waals surface area contributed by atoms with Crippen LogP contribution in [0.3, 0.4) is 0 Å². The summed E-state index contributed by atoms with van der Waals surface area (Å²) in [7, 11) is 0. The summed E-state index contributed by atoms with van der Waals surface area (Å²) < 4.78 is 7.12. The Hall–Kier alpha value is -2.87. The Balaban J connectivity index is 1.27. The number of hydrogen-bond donors (Lipinski definition) is 0. The molecule has 5 rings (SSSR count). The Morgan fingerprint density at radius 2 is 1.92 bits per heavy atom. The predicted molar refractivity (Wildman–Crippen MR) is 141 cm³/mol. The van der Waals surface area contributed by atoms with Gasteiger partial charge in [0.1, 0.15) is 0 Å². The van der Waals surface area contributed by atoms with Crippen LogP contribution in [0.5, 0.6) is 0 Å². The Bertz CT molecular complexity index is 1310. The van der Waals surface area contributed by atoms with Crippen molar-refractivity contribution in [1.82, 2.24) is 24.6 Å². The van der Waals surface area contributed by atoms with Crippen LogP contribution in [0.15, 0.2) is 36.8 Å². The van der Waals surface area contributed by atoms with Gasteiger partial charge in [-0.25, -0.2) is 9.67 Å². The lowest BCUT2D eigenvalue weighted by Gasteiger charge is -2.36. The topological polar surface area (TPSA) is 73.1 Å². The van der Waals surface area contributed by atoms with E-state index in [0.29, 0.717) is 22.4 Å². The number of pyridine rings is 2. The quantitative estimate of drug-likeness (QED) is 0.442. The van der Waals surface area contributed by atoms with Gasteiger partial charge in [0.2, 0.25) is 0 Å². The number of ether oxygens (including phenoxy) is 1. The van der Waals surface area contributed by atoms with Gasteiger partial charge in [-0.3, -0.25) is 14.7 Å². The Morgan fingerprint density at radius 3 is 2.61 bits per heavy atom. The fraction of sp³-hybridized carbons (Fsp3) is 0.429. The molecule has 1 atom stereocenters. The average molecular weight is 506 g/mol. The van der Waals surface area contributed by atoms with Crippen LogP contribution >= 0.6 is 11.6 Å². The maximum absolute atomic E-state index is 13.1. The first-order valence-corrected chi connectivity index (χ1v) is 13.0. The van der Waals surface area contributed by atoms with E-state index < -0.39 is 0 Å². The molecule has 4 heterocycles. The van der Waals surface area contributed by atoms with E-state index in [-0.39, 0.29) is 12.2 Å². The van der Waals surface area contributed by atoms with Crippen molar-refractivity contribution in [2.24, 2.45) is 0 Å². The van der Waals surface area contributed by atoms with Crippen molar-refractivity contribution in [1.29, 1.82) is 0 Å². The highest BCUT2D eigenvalue weighted by molar-refractivity contribution is 6.32. The number of carbonyl (C=O) groups is 1. The zero-order chi connectivity index (χ0) is 25.2. The highest BCUT2D eigenvalue weighted by atomic mass is 35.5. The molecule has 3 aromatic heterocycles. The summed E-state index contributed by atoms with van der Waals surface area (Å²) in [6, 6.07) is 4.53. The van der Waals surface area contributed by atoms with E-state index in [1.54, 1.807) is 17.1 Å². The molecule has 1 fully saturated rings. The minimum Gasteiger partial charge on any atom is -0.379 e. The number of rotatable bonds is 6. The van der Waals surface area contributed by atoms with Crippen LogP contribution in [0.1, 0.15) is 57.7 Å². The van der Waals surface area contributed by atoms with Crippen molar-refractivity contribution < 1.29 is 9.53 Å². The van der Waals surface area contributed by atoms with E-state index in [4.69, 9.17) is 21.3 Å². The van der Waals surface area contributed by atoms with Crippen molar-refractivity contribution in [2.45, 2.75) is 52.5 Å². The van der Waals surface area contributed by atoms with Crippen molar-refractivity contribution in [3.05, 3.63) is 75.5 Å². The van der Waals surface area contributed by atoms with Crippen LogP contribution in [0.2, 0.25) is 5.02 Å². The molecule has 2 aliphatic rings. The number of allylic oxidation sites excluding steroid dienone is 1. The Morgan fingerprint density at radius 1 is 1.11 bits per heavy atom. The predicted octanol–water partition coefficient (Wildman–Crippen LogP) is 4.93. The molecule has 1 unspecified atom stereocenters. The van der Waals surface area contributed by atoms with E-state index >= 15 is 0 Å². The van der Waals surface area contributed by atoms with Crippen LogP contribution in [0, 0.1) is 20.8 Å². The monoisotopic (exact) mass is 505 g/mol. The van der Waals surface area contributed by atoms with Gasteiger partial charge in [-0.1, -0.05) is 23.7 Å². The Kier molecular flexibility index (Phi) is 7.32. The summed E-state index contributed by atoms with van der Waals surface area (Å²) in [5.74, 6) is 0.526. The zero-order valence-electron chi connectivity index (χ0n) is 21.1. The average Bonchev–Trinajstić information content (AvgIpc) is 3.26. The van der Waals surface area contributed by atoms with Crippen molar-refractivity contribution >= 4 is 23.0 Å². The second kappa shape index (κ2) is 10.6. The molecule has 188 valence electrons. The van der Waals surface area contributed by atoms with E-state index in [0.717, 1.165) is 73.6 Å². The van der Waals surface area contributed by atoms with Gasteiger partial charge in [-0.2, -0.15) is 5.10 Å². The maximum atomic E-state index is 13.1. The van der Waals surface area contributed by atoms with Gasteiger partial charge in [-0.15, -0.1) is 0 Å². The van der Waals surface area contributed by atoms with Crippen LogP contribution in [0.4, 0.5) is 0 Å². The van der Waals surface area contributed by atoms with Gasteiger partial charge in [0.25, 0.3) is 0 Å². The van der Waals surface area contributed by atoms with Gasteiger partial charge in [0, 0.05) is 37.9 Å². The molecule has 0 radical (unpaired) electrons. The molecule has 0 bridgehead atoms. The lowest BCUT2D eigenvalue weighted by atomic mass is 9.90. The number of ketones is 1. The van der Waals surface area contributed by atoms with Gasteiger partial charge in [-0.05, 0) is 68.4 Å². The molecule has 0 amide bonds. The molecular formula is C28H32ClN5O2. The van der Waals surface area contributed by atoms with Gasteiger partial charge >= 0.3 is 0 Å². The Labute approximate surface area is 217 Å². The number of Topliss-reactive ketones (excluding diaryl/α,β-unsaturated/α-hetero) is 1.